The summed E-state index contributed by atoms with van der Waals surface area (Å²) in [6.07, 6.45) is 1.91. The van der Waals surface area contributed by atoms with E-state index in [9.17, 15) is 4.39 Å². The second-order valence-electron chi connectivity index (χ2n) is 4.77. The third-order valence-corrected chi connectivity index (χ3v) is 7.09. The van der Waals surface area contributed by atoms with Gasteiger partial charge < -0.3 is 5.73 Å². The summed E-state index contributed by atoms with van der Waals surface area (Å²) in [5.74, 6) is 2.02. The summed E-state index contributed by atoms with van der Waals surface area (Å²) in [6, 6.07) is 5.00. The van der Waals surface area contributed by atoms with Crippen LogP contribution in [0.5, 0.6) is 0 Å². The van der Waals surface area contributed by atoms with E-state index in [1.807, 2.05) is 23.5 Å². The minimum atomic E-state index is -0.368. The highest BCUT2D eigenvalue weighted by molar-refractivity contribution is 8.07. The number of hydrogen-bond acceptors (Lipinski definition) is 3. The van der Waals surface area contributed by atoms with Crippen molar-refractivity contribution in [1.82, 2.24) is 0 Å². The highest BCUT2D eigenvalue weighted by Gasteiger charge is 2.30. The van der Waals surface area contributed by atoms with Crippen molar-refractivity contribution in [3.05, 3.63) is 34.6 Å². The molecule has 2 N–H and O–H groups in total. The van der Waals surface area contributed by atoms with Crippen LogP contribution in [0.4, 0.5) is 4.39 Å². The highest BCUT2D eigenvalue weighted by Crippen LogP contribution is 2.35. The average molecular weight is 320 g/mol. The molecule has 1 aromatic carbocycles. The topological polar surface area (TPSA) is 26.0 Å². The Bertz CT molecular complexity index is 430. The molecule has 1 nitrogen and oxygen atoms in total. The molecule has 0 radical (unpaired) electrons. The lowest BCUT2D eigenvalue weighted by Crippen LogP contribution is -2.43. The second kappa shape index (κ2) is 7.21. The predicted octanol–water partition coefficient (Wildman–Crippen LogP) is 3.98. The summed E-state index contributed by atoms with van der Waals surface area (Å²) < 4.78 is 13.1. The molecule has 0 bridgehead atoms. The van der Waals surface area contributed by atoms with Gasteiger partial charge in [0.25, 0.3) is 0 Å². The molecule has 5 heteroatoms. The number of thioether (sulfide) groups is 2. The Morgan fingerprint density at radius 1 is 1.42 bits per heavy atom. The van der Waals surface area contributed by atoms with Gasteiger partial charge in [-0.15, -0.1) is 0 Å². The zero-order valence-electron chi connectivity index (χ0n) is 10.9. The molecule has 106 valence electrons. The zero-order valence-corrected chi connectivity index (χ0v) is 13.3. The van der Waals surface area contributed by atoms with Gasteiger partial charge in [0, 0.05) is 28.0 Å². The maximum atomic E-state index is 13.1. The van der Waals surface area contributed by atoms with Crippen molar-refractivity contribution in [2.45, 2.75) is 36.3 Å². The molecule has 0 aliphatic carbocycles. The number of hydrogen-bond donors (Lipinski definition) is 1. The minimum absolute atomic E-state index is 0.101. The Kier molecular flexibility index (Phi) is 5.87. The summed E-state index contributed by atoms with van der Waals surface area (Å²) in [7, 11) is 0. The molecule has 0 aromatic heterocycles. The number of rotatable bonds is 4. The van der Waals surface area contributed by atoms with Gasteiger partial charge in [0.05, 0.1) is 5.02 Å². The van der Waals surface area contributed by atoms with Gasteiger partial charge in [-0.1, -0.05) is 24.6 Å². The van der Waals surface area contributed by atoms with Gasteiger partial charge in [-0.3, -0.25) is 0 Å². The summed E-state index contributed by atoms with van der Waals surface area (Å²) in [5.41, 5.74) is 7.38. The van der Waals surface area contributed by atoms with Crippen molar-refractivity contribution in [2.75, 3.05) is 11.5 Å². The first-order valence-corrected chi connectivity index (χ1v) is 9.02. The molecule has 0 spiro atoms. The van der Waals surface area contributed by atoms with Gasteiger partial charge in [-0.2, -0.15) is 23.5 Å². The third kappa shape index (κ3) is 4.03. The molecule has 0 amide bonds. The van der Waals surface area contributed by atoms with E-state index in [1.54, 1.807) is 12.1 Å². The summed E-state index contributed by atoms with van der Waals surface area (Å²) in [4.78, 5) is 0. The fourth-order valence-electron chi connectivity index (χ4n) is 2.39. The Morgan fingerprint density at radius 2 is 2.16 bits per heavy atom. The average Bonchev–Trinajstić information content (AvgIpc) is 2.43. The summed E-state index contributed by atoms with van der Waals surface area (Å²) >= 11 is 9.82. The van der Waals surface area contributed by atoms with Crippen LogP contribution in [0.2, 0.25) is 5.02 Å². The first kappa shape index (κ1) is 15.5. The summed E-state index contributed by atoms with van der Waals surface area (Å²) in [5, 5.41) is 1.29. The zero-order chi connectivity index (χ0) is 13.8. The van der Waals surface area contributed by atoms with E-state index < -0.39 is 0 Å². The molecular formula is C14H19ClFNS2. The molecule has 1 aliphatic heterocycles. The van der Waals surface area contributed by atoms with Gasteiger partial charge in [0.15, 0.2) is 0 Å². The Labute approximate surface area is 127 Å². The lowest BCUT2D eigenvalue weighted by atomic mass is 10.0. The monoisotopic (exact) mass is 319 g/mol. The molecule has 1 aromatic rings. The molecule has 1 aliphatic rings. The number of halogens is 2. The van der Waals surface area contributed by atoms with Crippen molar-refractivity contribution < 1.29 is 4.39 Å². The van der Waals surface area contributed by atoms with Gasteiger partial charge in [0.1, 0.15) is 5.82 Å². The van der Waals surface area contributed by atoms with Gasteiger partial charge in [-0.25, -0.2) is 4.39 Å². The van der Waals surface area contributed by atoms with Crippen molar-refractivity contribution in [2.24, 2.45) is 5.73 Å². The SMILES string of the molecule is CCC1SCCSC1C(N)Cc1ccc(F)c(Cl)c1. The van der Waals surface area contributed by atoms with Crippen LogP contribution < -0.4 is 5.73 Å². The van der Waals surface area contributed by atoms with Crippen LogP contribution in [0, 0.1) is 5.82 Å². The minimum Gasteiger partial charge on any atom is -0.326 e. The maximum Gasteiger partial charge on any atom is 0.141 e. The van der Waals surface area contributed by atoms with Gasteiger partial charge in [0.2, 0.25) is 0 Å². The van der Waals surface area contributed by atoms with Crippen LogP contribution in [-0.2, 0) is 6.42 Å². The first-order valence-electron chi connectivity index (χ1n) is 6.54. The van der Waals surface area contributed by atoms with Crippen LogP contribution in [0.15, 0.2) is 18.2 Å². The fourth-order valence-corrected chi connectivity index (χ4v) is 5.79. The maximum absolute atomic E-state index is 13.1. The van der Waals surface area contributed by atoms with Crippen LogP contribution in [0.1, 0.15) is 18.9 Å². The van der Waals surface area contributed by atoms with Crippen LogP contribution in [-0.4, -0.2) is 28.0 Å². The van der Waals surface area contributed by atoms with Crippen LogP contribution in [0.3, 0.4) is 0 Å². The molecule has 19 heavy (non-hydrogen) atoms. The number of nitrogens with two attached hydrogens (primary N) is 1. The predicted molar refractivity (Wildman–Crippen MR) is 85.9 cm³/mol. The van der Waals surface area contributed by atoms with Crippen molar-refractivity contribution >= 4 is 35.1 Å². The molecule has 2 rings (SSSR count). The van der Waals surface area contributed by atoms with Gasteiger partial charge in [-0.05, 0) is 30.5 Å². The first-order chi connectivity index (χ1) is 9.11. The van der Waals surface area contributed by atoms with Crippen LogP contribution >= 0.6 is 35.1 Å². The molecule has 1 saturated heterocycles. The molecule has 1 heterocycles. The van der Waals surface area contributed by atoms with Gasteiger partial charge >= 0.3 is 0 Å². The van der Waals surface area contributed by atoms with Crippen LogP contribution in [0.25, 0.3) is 0 Å². The van der Waals surface area contributed by atoms with E-state index in [2.05, 4.69) is 6.92 Å². The lowest BCUT2D eigenvalue weighted by Gasteiger charge is -2.34. The molecule has 0 saturated carbocycles. The fraction of sp³-hybridized carbons (Fsp3) is 0.571. The smallest absolute Gasteiger partial charge is 0.141 e. The van der Waals surface area contributed by atoms with E-state index >= 15 is 0 Å². The third-order valence-electron chi connectivity index (χ3n) is 3.37. The van der Waals surface area contributed by atoms with Crippen molar-refractivity contribution in [1.29, 1.82) is 0 Å². The molecule has 3 atom stereocenters. The van der Waals surface area contributed by atoms with E-state index in [1.165, 1.54) is 17.6 Å². The largest absolute Gasteiger partial charge is 0.326 e. The Hall–Kier alpha value is 0.1000. The number of benzene rings is 1. The van der Waals surface area contributed by atoms with E-state index in [4.69, 9.17) is 17.3 Å². The lowest BCUT2D eigenvalue weighted by molar-refractivity contribution is 0.594. The standard InChI is InChI=1S/C14H19ClFNS2/c1-2-13-14(19-6-5-18-13)12(17)8-9-3-4-11(16)10(15)7-9/h3-4,7,12-14H,2,5-6,8,17H2,1H3. The molecule has 3 unspecified atom stereocenters. The van der Waals surface area contributed by atoms with Crippen molar-refractivity contribution in [3.63, 3.8) is 0 Å². The van der Waals surface area contributed by atoms with E-state index in [0.717, 1.165) is 18.4 Å². The van der Waals surface area contributed by atoms with E-state index in [-0.39, 0.29) is 16.9 Å². The summed E-state index contributed by atoms with van der Waals surface area (Å²) in [6.45, 7) is 2.22. The molecule has 1 fully saturated rings. The highest BCUT2D eigenvalue weighted by atomic mass is 35.5. The Balaban J connectivity index is 2.02. The Morgan fingerprint density at radius 3 is 2.84 bits per heavy atom. The van der Waals surface area contributed by atoms with Crippen molar-refractivity contribution in [3.8, 4) is 0 Å². The second-order valence-corrected chi connectivity index (χ2v) is 7.81. The quantitative estimate of drug-likeness (QED) is 0.909. The normalized spacial score (nSPS) is 25.3. The molecular weight excluding hydrogens is 301 g/mol. The van der Waals surface area contributed by atoms with E-state index in [0.29, 0.717) is 10.5 Å².